The van der Waals surface area contributed by atoms with Gasteiger partial charge in [-0.2, -0.15) is 5.10 Å². The van der Waals surface area contributed by atoms with Crippen LogP contribution in [-0.2, 0) is 7.05 Å². The molecule has 2 aromatic rings. The third-order valence-electron chi connectivity index (χ3n) is 2.53. The average Bonchev–Trinajstić information content (AvgIpc) is 2.96. The number of aromatic nitrogens is 3. The molecule has 0 unspecified atom stereocenters. The molecule has 1 amide bonds. The first-order valence-corrected chi connectivity index (χ1v) is 6.61. The smallest absolute Gasteiger partial charge is 0.263 e. The molecule has 7 heteroatoms. The monoisotopic (exact) mass is 280 g/mol. The van der Waals surface area contributed by atoms with E-state index in [1.54, 1.807) is 24.7 Å². The van der Waals surface area contributed by atoms with Crippen LogP contribution in [-0.4, -0.2) is 37.9 Å². The van der Waals surface area contributed by atoms with E-state index in [0.717, 1.165) is 10.6 Å². The predicted octanol–water partition coefficient (Wildman–Crippen LogP) is 1.04. The number of nitrogens with zero attached hydrogens (tertiary/aromatic N) is 3. The van der Waals surface area contributed by atoms with Crippen LogP contribution in [0.5, 0.6) is 0 Å². The standard InChI is InChI=1S/C12H16N4O2S/c1-12(2,7-17)15-10(18)9-5-13-11(19-9)8-4-14-16(3)6-8/h4-6,17H,7H2,1-3H3,(H,15,18). The Hall–Kier alpha value is -1.73. The first-order chi connectivity index (χ1) is 8.91. The van der Waals surface area contributed by atoms with Crippen molar-refractivity contribution in [3.8, 4) is 10.6 Å². The lowest BCUT2D eigenvalue weighted by Crippen LogP contribution is -2.46. The van der Waals surface area contributed by atoms with Crippen molar-refractivity contribution in [1.82, 2.24) is 20.1 Å². The van der Waals surface area contributed by atoms with Crippen LogP contribution in [0.2, 0.25) is 0 Å². The number of carbonyl (C=O) groups excluding carboxylic acids is 1. The Morgan fingerprint density at radius 2 is 2.26 bits per heavy atom. The van der Waals surface area contributed by atoms with Gasteiger partial charge in [-0.25, -0.2) is 4.98 Å². The molecule has 2 aromatic heterocycles. The average molecular weight is 280 g/mol. The van der Waals surface area contributed by atoms with Gasteiger partial charge in [0.1, 0.15) is 9.88 Å². The first kappa shape index (κ1) is 13.7. The molecule has 2 heterocycles. The lowest BCUT2D eigenvalue weighted by atomic mass is 10.1. The van der Waals surface area contributed by atoms with E-state index in [2.05, 4.69) is 15.4 Å². The Labute approximate surface area is 115 Å². The van der Waals surface area contributed by atoms with Gasteiger partial charge >= 0.3 is 0 Å². The second kappa shape index (κ2) is 5.10. The first-order valence-electron chi connectivity index (χ1n) is 5.79. The highest BCUT2D eigenvalue weighted by atomic mass is 32.1. The molecule has 6 nitrogen and oxygen atoms in total. The van der Waals surface area contributed by atoms with Crippen LogP contribution >= 0.6 is 11.3 Å². The second-order valence-electron chi connectivity index (χ2n) is 4.93. The molecule has 0 bridgehead atoms. The number of carbonyl (C=O) groups is 1. The summed E-state index contributed by atoms with van der Waals surface area (Å²) in [4.78, 5) is 16.7. The van der Waals surface area contributed by atoms with Crippen molar-refractivity contribution in [3.63, 3.8) is 0 Å². The van der Waals surface area contributed by atoms with Gasteiger partial charge in [-0.3, -0.25) is 9.48 Å². The van der Waals surface area contributed by atoms with Gasteiger partial charge in [-0.05, 0) is 13.8 Å². The Morgan fingerprint density at radius 3 is 2.84 bits per heavy atom. The molecular formula is C12H16N4O2S. The van der Waals surface area contributed by atoms with Crippen molar-refractivity contribution in [2.24, 2.45) is 7.05 Å². The molecular weight excluding hydrogens is 264 g/mol. The number of aryl methyl sites for hydroxylation is 1. The van der Waals surface area contributed by atoms with Gasteiger partial charge < -0.3 is 10.4 Å². The second-order valence-corrected chi connectivity index (χ2v) is 5.96. The molecule has 0 fully saturated rings. The van der Waals surface area contributed by atoms with Crippen LogP contribution < -0.4 is 5.32 Å². The topological polar surface area (TPSA) is 80.0 Å². The van der Waals surface area contributed by atoms with E-state index in [4.69, 9.17) is 5.11 Å². The number of nitrogens with one attached hydrogen (secondary N) is 1. The molecule has 0 aliphatic carbocycles. The van der Waals surface area contributed by atoms with Crippen molar-refractivity contribution in [2.45, 2.75) is 19.4 Å². The van der Waals surface area contributed by atoms with Crippen LogP contribution in [0.1, 0.15) is 23.5 Å². The van der Waals surface area contributed by atoms with Gasteiger partial charge in [0.05, 0.1) is 24.5 Å². The lowest BCUT2D eigenvalue weighted by Gasteiger charge is -2.22. The maximum absolute atomic E-state index is 12.0. The number of amides is 1. The molecule has 0 saturated carbocycles. The van der Waals surface area contributed by atoms with Gasteiger partial charge in [-0.15, -0.1) is 11.3 Å². The van der Waals surface area contributed by atoms with Gasteiger partial charge in [0.2, 0.25) is 0 Å². The molecule has 0 saturated heterocycles. The zero-order valence-electron chi connectivity index (χ0n) is 11.0. The van der Waals surface area contributed by atoms with E-state index >= 15 is 0 Å². The van der Waals surface area contributed by atoms with Crippen molar-refractivity contribution in [1.29, 1.82) is 0 Å². The number of hydrogen-bond donors (Lipinski definition) is 2. The van der Waals surface area contributed by atoms with Crippen molar-refractivity contribution >= 4 is 17.2 Å². The maximum Gasteiger partial charge on any atom is 0.263 e. The number of aliphatic hydroxyl groups excluding tert-OH is 1. The molecule has 0 aliphatic rings. The van der Waals surface area contributed by atoms with Gasteiger partial charge in [0.15, 0.2) is 0 Å². The third kappa shape index (κ3) is 3.18. The minimum atomic E-state index is -0.643. The summed E-state index contributed by atoms with van der Waals surface area (Å²) < 4.78 is 1.69. The zero-order chi connectivity index (χ0) is 14.0. The van der Waals surface area contributed by atoms with Crippen molar-refractivity contribution < 1.29 is 9.90 Å². The van der Waals surface area contributed by atoms with Crippen molar-refractivity contribution in [3.05, 3.63) is 23.5 Å². The highest BCUT2D eigenvalue weighted by molar-refractivity contribution is 7.16. The number of hydrogen-bond acceptors (Lipinski definition) is 5. The summed E-state index contributed by atoms with van der Waals surface area (Å²) in [5.41, 5.74) is 0.239. The quantitative estimate of drug-likeness (QED) is 0.877. The summed E-state index contributed by atoms with van der Waals surface area (Å²) in [5, 5.41) is 16.7. The van der Waals surface area contributed by atoms with Crippen LogP contribution in [0.25, 0.3) is 10.6 Å². The number of aliphatic hydroxyl groups is 1. The summed E-state index contributed by atoms with van der Waals surface area (Å²) in [7, 11) is 1.83. The van der Waals surface area contributed by atoms with E-state index in [1.165, 1.54) is 17.5 Å². The number of rotatable bonds is 4. The van der Waals surface area contributed by atoms with E-state index in [0.29, 0.717) is 4.88 Å². The Bertz CT molecular complexity index is 588. The summed E-state index contributed by atoms with van der Waals surface area (Å²) in [6, 6.07) is 0. The molecule has 0 radical (unpaired) electrons. The molecule has 2 N–H and O–H groups in total. The minimum absolute atomic E-state index is 0.118. The fourth-order valence-corrected chi connectivity index (χ4v) is 2.24. The van der Waals surface area contributed by atoms with E-state index in [9.17, 15) is 4.79 Å². The maximum atomic E-state index is 12.0. The molecule has 0 aliphatic heterocycles. The van der Waals surface area contributed by atoms with Gasteiger partial charge in [-0.1, -0.05) is 0 Å². The Balaban J connectivity index is 2.15. The molecule has 0 atom stereocenters. The van der Waals surface area contributed by atoms with Crippen molar-refractivity contribution in [2.75, 3.05) is 6.61 Å². The fraction of sp³-hybridized carbons (Fsp3) is 0.417. The molecule has 0 spiro atoms. The lowest BCUT2D eigenvalue weighted by molar-refractivity contribution is 0.0873. The fourth-order valence-electron chi connectivity index (χ4n) is 1.45. The highest BCUT2D eigenvalue weighted by Gasteiger charge is 2.21. The van der Waals surface area contributed by atoms with Crippen LogP contribution in [0.3, 0.4) is 0 Å². The largest absolute Gasteiger partial charge is 0.394 e. The van der Waals surface area contributed by atoms with E-state index in [-0.39, 0.29) is 12.5 Å². The highest BCUT2D eigenvalue weighted by Crippen LogP contribution is 2.24. The summed E-state index contributed by atoms with van der Waals surface area (Å²) in [6.45, 7) is 3.40. The Morgan fingerprint density at radius 1 is 1.53 bits per heavy atom. The van der Waals surface area contributed by atoms with Crippen LogP contribution in [0, 0.1) is 0 Å². The molecule has 2 rings (SSSR count). The van der Waals surface area contributed by atoms with E-state index < -0.39 is 5.54 Å². The minimum Gasteiger partial charge on any atom is -0.394 e. The van der Waals surface area contributed by atoms with Crippen LogP contribution in [0.4, 0.5) is 0 Å². The molecule has 102 valence electrons. The van der Waals surface area contributed by atoms with Crippen LogP contribution in [0.15, 0.2) is 18.6 Å². The summed E-state index contributed by atoms with van der Waals surface area (Å²) >= 11 is 1.30. The normalized spacial score (nSPS) is 11.6. The SMILES string of the molecule is Cn1cc(-c2ncc(C(=O)NC(C)(C)CO)s2)cn1. The molecule has 0 aromatic carbocycles. The van der Waals surface area contributed by atoms with E-state index in [1.807, 2.05) is 13.2 Å². The summed E-state index contributed by atoms with van der Waals surface area (Å²) in [6.07, 6.45) is 5.09. The van der Waals surface area contributed by atoms with Gasteiger partial charge in [0, 0.05) is 18.8 Å². The van der Waals surface area contributed by atoms with Gasteiger partial charge in [0.25, 0.3) is 5.91 Å². The molecule has 19 heavy (non-hydrogen) atoms. The summed E-state index contributed by atoms with van der Waals surface area (Å²) in [5.74, 6) is -0.230. The zero-order valence-corrected chi connectivity index (χ0v) is 11.9. The third-order valence-corrected chi connectivity index (χ3v) is 3.57. The Kier molecular flexibility index (Phi) is 3.68. The predicted molar refractivity (Wildman–Crippen MR) is 72.9 cm³/mol. The number of thiazole rings is 1.